The minimum Gasteiger partial charge on any atom is -0.491 e. The minimum atomic E-state index is -1.08. The van der Waals surface area contributed by atoms with Gasteiger partial charge in [-0.3, -0.25) is 0 Å². The minimum absolute atomic E-state index is 0.00244. The van der Waals surface area contributed by atoms with Crippen molar-refractivity contribution >= 4 is 11.6 Å². The van der Waals surface area contributed by atoms with Gasteiger partial charge in [-0.15, -0.1) is 0 Å². The standard InChI is InChI=1S/C22H30ClFO5/c23-14-4-3-5-16(10-14)27-13-15(24)7-8-17-18-11-21(25)28-20(18)12-19(17)29-22-6-1-2-9-26-22/h3-5,10,15,17-22,25H,1-2,6-9,11-13H2/t15-,17-,18-,19-,20+,21?,22?/m1/s1. The molecule has 3 aliphatic rings. The molecule has 2 aliphatic heterocycles. The monoisotopic (exact) mass is 428 g/mol. The van der Waals surface area contributed by atoms with Gasteiger partial charge in [0.15, 0.2) is 12.6 Å². The van der Waals surface area contributed by atoms with Crippen LogP contribution < -0.4 is 4.74 Å². The number of ether oxygens (including phenoxy) is 4. The fourth-order valence-electron chi connectivity index (χ4n) is 4.87. The summed E-state index contributed by atoms with van der Waals surface area (Å²) in [5, 5.41) is 10.4. The smallest absolute Gasteiger partial charge is 0.157 e. The van der Waals surface area contributed by atoms with Gasteiger partial charge >= 0.3 is 0 Å². The zero-order valence-corrected chi connectivity index (χ0v) is 17.3. The summed E-state index contributed by atoms with van der Waals surface area (Å²) >= 11 is 5.94. The lowest BCUT2D eigenvalue weighted by molar-refractivity contribution is -0.200. The highest BCUT2D eigenvalue weighted by atomic mass is 35.5. The number of hydrogen-bond donors (Lipinski definition) is 1. The lowest BCUT2D eigenvalue weighted by Crippen LogP contribution is -2.32. The second-order valence-corrected chi connectivity index (χ2v) is 8.78. The quantitative estimate of drug-likeness (QED) is 0.661. The lowest BCUT2D eigenvalue weighted by Gasteiger charge is -2.30. The van der Waals surface area contributed by atoms with E-state index in [1.807, 2.05) is 0 Å². The van der Waals surface area contributed by atoms with E-state index in [1.165, 1.54) is 0 Å². The highest BCUT2D eigenvalue weighted by Crippen LogP contribution is 2.46. The zero-order valence-electron chi connectivity index (χ0n) is 16.6. The molecule has 0 bridgehead atoms. The van der Waals surface area contributed by atoms with Gasteiger partial charge in [-0.2, -0.15) is 0 Å². The first-order valence-electron chi connectivity index (χ1n) is 10.7. The maximum atomic E-state index is 14.5. The Balaban J connectivity index is 1.29. The molecule has 0 amide bonds. The van der Waals surface area contributed by atoms with Crippen LogP contribution in [0.2, 0.25) is 5.02 Å². The number of aliphatic hydroxyl groups excluding tert-OH is 1. The van der Waals surface area contributed by atoms with Crippen LogP contribution in [0, 0.1) is 11.8 Å². The molecule has 1 N–H and O–H groups in total. The van der Waals surface area contributed by atoms with Crippen LogP contribution in [0.25, 0.3) is 0 Å². The Morgan fingerprint density at radius 1 is 1.28 bits per heavy atom. The van der Waals surface area contributed by atoms with Gasteiger partial charge in [-0.1, -0.05) is 17.7 Å². The number of halogens is 2. The maximum Gasteiger partial charge on any atom is 0.157 e. The third-order valence-electron chi connectivity index (χ3n) is 6.28. The van der Waals surface area contributed by atoms with E-state index in [-0.39, 0.29) is 36.9 Å². The van der Waals surface area contributed by atoms with Gasteiger partial charge in [0.2, 0.25) is 0 Å². The van der Waals surface area contributed by atoms with Gasteiger partial charge in [0.1, 0.15) is 18.5 Å². The molecule has 0 radical (unpaired) electrons. The third-order valence-corrected chi connectivity index (χ3v) is 6.52. The van der Waals surface area contributed by atoms with E-state index in [9.17, 15) is 9.50 Å². The van der Waals surface area contributed by atoms with E-state index in [0.29, 0.717) is 30.0 Å². The first-order valence-corrected chi connectivity index (χ1v) is 11.1. The van der Waals surface area contributed by atoms with Crippen LogP contribution in [0.3, 0.4) is 0 Å². The molecule has 1 aromatic rings. The van der Waals surface area contributed by atoms with Gasteiger partial charge in [0.25, 0.3) is 0 Å². The van der Waals surface area contributed by atoms with E-state index >= 15 is 0 Å². The van der Waals surface area contributed by atoms with Crippen LogP contribution >= 0.6 is 11.6 Å². The van der Waals surface area contributed by atoms with Crippen molar-refractivity contribution in [2.45, 2.75) is 75.9 Å². The molecule has 1 saturated carbocycles. The van der Waals surface area contributed by atoms with Crippen molar-refractivity contribution in [1.29, 1.82) is 0 Å². The van der Waals surface area contributed by atoms with Crippen LogP contribution in [-0.2, 0) is 14.2 Å². The summed E-state index contributed by atoms with van der Waals surface area (Å²) < 4.78 is 37.7. The summed E-state index contributed by atoms with van der Waals surface area (Å²) in [4.78, 5) is 0. The Morgan fingerprint density at radius 3 is 2.97 bits per heavy atom. The number of hydrogen-bond acceptors (Lipinski definition) is 5. The maximum absolute atomic E-state index is 14.5. The van der Waals surface area contributed by atoms with Crippen molar-refractivity contribution in [1.82, 2.24) is 0 Å². The lowest BCUT2D eigenvalue weighted by atomic mass is 9.87. The highest BCUT2D eigenvalue weighted by molar-refractivity contribution is 6.30. The second kappa shape index (κ2) is 9.92. The molecule has 7 atom stereocenters. The van der Waals surface area contributed by atoms with E-state index in [0.717, 1.165) is 32.3 Å². The van der Waals surface area contributed by atoms with Gasteiger partial charge in [0, 0.05) is 24.5 Å². The molecular formula is C22H30ClFO5. The first kappa shape index (κ1) is 21.3. The number of fused-ring (bicyclic) bond motifs is 1. The molecule has 2 unspecified atom stereocenters. The average molecular weight is 429 g/mol. The molecule has 2 saturated heterocycles. The van der Waals surface area contributed by atoms with Crippen molar-refractivity contribution in [3.05, 3.63) is 29.3 Å². The zero-order chi connectivity index (χ0) is 20.2. The SMILES string of the molecule is OC1C[C@@H]2[C@@H](CC[C@@H](F)COc3cccc(Cl)c3)[C@H](OC3CCCCO3)C[C@@H]2O1. The summed E-state index contributed by atoms with van der Waals surface area (Å²) in [6, 6.07) is 6.99. The van der Waals surface area contributed by atoms with Crippen molar-refractivity contribution in [3.63, 3.8) is 0 Å². The van der Waals surface area contributed by atoms with Crippen LogP contribution in [0.15, 0.2) is 24.3 Å². The van der Waals surface area contributed by atoms with E-state index in [1.54, 1.807) is 24.3 Å². The molecule has 29 heavy (non-hydrogen) atoms. The van der Waals surface area contributed by atoms with Crippen molar-refractivity contribution in [2.75, 3.05) is 13.2 Å². The van der Waals surface area contributed by atoms with Crippen LogP contribution in [0.4, 0.5) is 4.39 Å². The predicted molar refractivity (Wildman–Crippen MR) is 107 cm³/mol. The third kappa shape index (κ3) is 5.61. The highest BCUT2D eigenvalue weighted by Gasteiger charge is 2.50. The first-order chi connectivity index (χ1) is 14.1. The average Bonchev–Trinajstić information content (AvgIpc) is 3.21. The van der Waals surface area contributed by atoms with Gasteiger partial charge in [-0.25, -0.2) is 4.39 Å². The molecule has 2 heterocycles. The molecular weight excluding hydrogens is 399 g/mol. The molecule has 7 heteroatoms. The Hall–Kier alpha value is -0.920. The Bertz CT molecular complexity index is 656. The number of benzene rings is 1. The van der Waals surface area contributed by atoms with Gasteiger partial charge in [-0.05, 0) is 62.1 Å². The van der Waals surface area contributed by atoms with Crippen molar-refractivity contribution < 1.29 is 28.4 Å². The summed E-state index contributed by atoms with van der Waals surface area (Å²) in [6.07, 6.45) is 3.49. The van der Waals surface area contributed by atoms with Crippen LogP contribution in [0.5, 0.6) is 5.75 Å². The molecule has 1 aliphatic carbocycles. The Labute approximate surface area is 176 Å². The van der Waals surface area contributed by atoms with E-state index < -0.39 is 12.5 Å². The predicted octanol–water partition coefficient (Wildman–Crippen LogP) is 4.49. The number of aliphatic hydroxyl groups is 1. The topological polar surface area (TPSA) is 57.2 Å². The Morgan fingerprint density at radius 2 is 2.17 bits per heavy atom. The van der Waals surface area contributed by atoms with E-state index in [4.69, 9.17) is 30.5 Å². The van der Waals surface area contributed by atoms with Gasteiger partial charge in [0.05, 0.1) is 12.2 Å². The summed E-state index contributed by atoms with van der Waals surface area (Å²) in [5.41, 5.74) is 0. The summed E-state index contributed by atoms with van der Waals surface area (Å²) in [7, 11) is 0. The number of rotatable bonds is 8. The van der Waals surface area contributed by atoms with Crippen LogP contribution in [-0.4, -0.2) is 49.3 Å². The largest absolute Gasteiger partial charge is 0.491 e. The molecule has 3 fully saturated rings. The normalized spacial score (nSPS) is 35.4. The number of alkyl halides is 1. The van der Waals surface area contributed by atoms with Crippen molar-refractivity contribution in [3.8, 4) is 5.75 Å². The molecule has 4 rings (SSSR count). The van der Waals surface area contributed by atoms with Gasteiger partial charge < -0.3 is 24.1 Å². The molecule has 1 aromatic carbocycles. The van der Waals surface area contributed by atoms with Crippen molar-refractivity contribution in [2.24, 2.45) is 11.8 Å². The van der Waals surface area contributed by atoms with E-state index in [2.05, 4.69) is 0 Å². The fraction of sp³-hybridized carbons (Fsp3) is 0.727. The summed E-state index contributed by atoms with van der Waals surface area (Å²) in [6.45, 7) is 0.731. The second-order valence-electron chi connectivity index (χ2n) is 8.34. The Kier molecular flexibility index (Phi) is 7.30. The molecule has 0 aromatic heterocycles. The molecule has 5 nitrogen and oxygen atoms in total. The van der Waals surface area contributed by atoms with Crippen LogP contribution in [0.1, 0.15) is 44.9 Å². The molecule has 162 valence electrons. The fourth-order valence-corrected chi connectivity index (χ4v) is 5.05. The molecule has 0 spiro atoms. The summed E-state index contributed by atoms with van der Waals surface area (Å²) in [5.74, 6) is 0.941.